The van der Waals surface area contributed by atoms with E-state index in [-0.39, 0.29) is 0 Å². The minimum absolute atomic E-state index is 0.364. The van der Waals surface area contributed by atoms with E-state index in [0.717, 1.165) is 25.2 Å². The second kappa shape index (κ2) is 4.24. The first-order chi connectivity index (χ1) is 7.61. The highest BCUT2D eigenvalue weighted by molar-refractivity contribution is 5.74. The maximum atomic E-state index is 10.5. The number of hydrogen-bond acceptors (Lipinski definition) is 3. The number of carbonyl (C=O) groups is 1. The van der Waals surface area contributed by atoms with Crippen molar-refractivity contribution in [2.45, 2.75) is 26.7 Å². The third-order valence-corrected chi connectivity index (χ3v) is 3.13. The molecule has 3 nitrogen and oxygen atoms in total. The summed E-state index contributed by atoms with van der Waals surface area (Å²) in [5, 5.41) is 0. The molecule has 2 heterocycles. The van der Waals surface area contributed by atoms with Crippen molar-refractivity contribution in [2.75, 3.05) is 18.0 Å². The van der Waals surface area contributed by atoms with E-state index in [2.05, 4.69) is 23.7 Å². The topological polar surface area (TPSA) is 33.2 Å². The van der Waals surface area contributed by atoms with E-state index in [4.69, 9.17) is 0 Å². The van der Waals surface area contributed by atoms with Gasteiger partial charge in [-0.2, -0.15) is 0 Å². The zero-order chi connectivity index (χ0) is 11.6. The van der Waals surface area contributed by atoms with Gasteiger partial charge in [-0.05, 0) is 30.4 Å². The number of aldehydes is 1. The second-order valence-corrected chi connectivity index (χ2v) is 5.26. The normalized spacial score (nSPS) is 19.5. The van der Waals surface area contributed by atoms with Crippen molar-refractivity contribution in [1.29, 1.82) is 0 Å². The third-order valence-electron chi connectivity index (χ3n) is 3.13. The van der Waals surface area contributed by atoms with Crippen molar-refractivity contribution in [3.05, 3.63) is 23.9 Å². The van der Waals surface area contributed by atoms with Gasteiger partial charge in [-0.3, -0.25) is 4.79 Å². The maximum Gasteiger partial charge on any atom is 0.151 e. The van der Waals surface area contributed by atoms with Gasteiger partial charge in [0.2, 0.25) is 0 Å². The van der Waals surface area contributed by atoms with Gasteiger partial charge in [-0.25, -0.2) is 4.98 Å². The Kier molecular flexibility index (Phi) is 2.95. The number of rotatable bonds is 2. The zero-order valence-electron chi connectivity index (χ0n) is 9.94. The van der Waals surface area contributed by atoms with E-state index < -0.39 is 0 Å². The summed E-state index contributed by atoms with van der Waals surface area (Å²) in [5.41, 5.74) is 1.00. The molecule has 3 heteroatoms. The fourth-order valence-electron chi connectivity index (χ4n) is 2.27. The van der Waals surface area contributed by atoms with Crippen molar-refractivity contribution in [3.8, 4) is 0 Å². The Labute approximate surface area is 96.5 Å². The summed E-state index contributed by atoms with van der Waals surface area (Å²) in [6.07, 6.45) is 4.96. The molecule has 86 valence electrons. The Morgan fingerprint density at radius 1 is 1.44 bits per heavy atom. The van der Waals surface area contributed by atoms with Gasteiger partial charge in [0.1, 0.15) is 5.82 Å². The first-order valence-corrected chi connectivity index (χ1v) is 5.77. The van der Waals surface area contributed by atoms with Gasteiger partial charge in [0.25, 0.3) is 0 Å². The van der Waals surface area contributed by atoms with E-state index in [0.29, 0.717) is 11.0 Å². The Morgan fingerprint density at radius 3 is 2.81 bits per heavy atom. The van der Waals surface area contributed by atoms with E-state index in [1.807, 2.05) is 12.1 Å². The van der Waals surface area contributed by atoms with Crippen molar-refractivity contribution < 1.29 is 4.79 Å². The van der Waals surface area contributed by atoms with Crippen LogP contribution in [-0.4, -0.2) is 24.4 Å². The van der Waals surface area contributed by atoms with E-state index in [1.165, 1.54) is 12.8 Å². The highest BCUT2D eigenvalue weighted by Gasteiger charge is 2.26. The average Bonchev–Trinajstić information content (AvgIpc) is 2.28. The SMILES string of the molecule is CC1(C)CCCN(c2ccc(C=O)cn2)C1. The third kappa shape index (κ3) is 2.40. The molecule has 0 saturated carbocycles. The van der Waals surface area contributed by atoms with Gasteiger partial charge in [0.15, 0.2) is 6.29 Å². The highest BCUT2D eigenvalue weighted by Crippen LogP contribution is 2.30. The number of pyridine rings is 1. The minimum Gasteiger partial charge on any atom is -0.356 e. The Hall–Kier alpha value is -1.38. The minimum atomic E-state index is 0.364. The van der Waals surface area contributed by atoms with Crippen LogP contribution >= 0.6 is 0 Å². The number of anilines is 1. The van der Waals surface area contributed by atoms with E-state index in [1.54, 1.807) is 6.20 Å². The van der Waals surface area contributed by atoms with Gasteiger partial charge >= 0.3 is 0 Å². The molecule has 1 aliphatic heterocycles. The Bertz CT molecular complexity index is 370. The second-order valence-electron chi connectivity index (χ2n) is 5.26. The fraction of sp³-hybridized carbons (Fsp3) is 0.538. The van der Waals surface area contributed by atoms with Gasteiger partial charge in [0, 0.05) is 24.8 Å². The van der Waals surface area contributed by atoms with Gasteiger partial charge in [-0.15, -0.1) is 0 Å². The van der Waals surface area contributed by atoms with Crippen LogP contribution in [0.1, 0.15) is 37.0 Å². The first-order valence-electron chi connectivity index (χ1n) is 5.77. The van der Waals surface area contributed by atoms with Gasteiger partial charge in [-0.1, -0.05) is 13.8 Å². The maximum absolute atomic E-state index is 10.5. The lowest BCUT2D eigenvalue weighted by Gasteiger charge is -2.38. The molecule has 1 aromatic rings. The molecule has 1 aromatic heterocycles. The molecule has 1 fully saturated rings. The summed E-state index contributed by atoms with van der Waals surface area (Å²) < 4.78 is 0. The molecule has 1 aliphatic rings. The Balaban J connectivity index is 2.14. The molecule has 0 aliphatic carbocycles. The quantitative estimate of drug-likeness (QED) is 0.715. The standard InChI is InChI=1S/C13H18N2O/c1-13(2)6-3-7-15(10-13)12-5-4-11(9-16)8-14-12/h4-5,8-9H,3,6-7,10H2,1-2H3. The molecule has 0 spiro atoms. The van der Waals surface area contributed by atoms with Gasteiger partial charge in [0.05, 0.1) is 0 Å². The lowest BCUT2D eigenvalue weighted by atomic mass is 9.84. The predicted octanol–water partition coefficient (Wildman–Crippen LogP) is 2.52. The van der Waals surface area contributed by atoms with Crippen molar-refractivity contribution >= 4 is 12.1 Å². The summed E-state index contributed by atoms with van der Waals surface area (Å²) in [6, 6.07) is 3.77. The monoisotopic (exact) mass is 218 g/mol. The number of hydrogen-bond donors (Lipinski definition) is 0. The van der Waals surface area contributed by atoms with Crippen LogP contribution < -0.4 is 4.90 Å². The molecule has 16 heavy (non-hydrogen) atoms. The van der Waals surface area contributed by atoms with Crippen molar-refractivity contribution in [1.82, 2.24) is 4.98 Å². The van der Waals surface area contributed by atoms with Crippen LogP contribution in [0.3, 0.4) is 0 Å². The predicted molar refractivity (Wildman–Crippen MR) is 64.9 cm³/mol. The lowest BCUT2D eigenvalue weighted by molar-refractivity contribution is 0.112. The lowest BCUT2D eigenvalue weighted by Crippen LogP contribution is -2.40. The average molecular weight is 218 g/mol. The molecule has 2 rings (SSSR count). The van der Waals surface area contributed by atoms with Crippen LogP contribution in [0.2, 0.25) is 0 Å². The highest BCUT2D eigenvalue weighted by atomic mass is 16.1. The molecule has 0 bridgehead atoms. The Morgan fingerprint density at radius 2 is 2.25 bits per heavy atom. The molecule has 0 radical (unpaired) electrons. The summed E-state index contributed by atoms with van der Waals surface area (Å²) in [6.45, 7) is 6.69. The molecule has 0 atom stereocenters. The first kappa shape index (κ1) is 11.1. The molecular formula is C13H18N2O. The summed E-state index contributed by atoms with van der Waals surface area (Å²) >= 11 is 0. The molecule has 0 aromatic carbocycles. The molecule has 1 saturated heterocycles. The van der Waals surface area contributed by atoms with E-state index >= 15 is 0 Å². The van der Waals surface area contributed by atoms with Crippen LogP contribution in [0.25, 0.3) is 0 Å². The van der Waals surface area contributed by atoms with Crippen molar-refractivity contribution in [3.63, 3.8) is 0 Å². The zero-order valence-corrected chi connectivity index (χ0v) is 9.94. The number of carbonyl (C=O) groups excluding carboxylic acids is 1. The fourth-order valence-corrected chi connectivity index (χ4v) is 2.27. The van der Waals surface area contributed by atoms with Crippen LogP contribution in [-0.2, 0) is 0 Å². The summed E-state index contributed by atoms with van der Waals surface area (Å²) in [7, 11) is 0. The van der Waals surface area contributed by atoms with Gasteiger partial charge < -0.3 is 4.90 Å². The molecule has 0 N–H and O–H groups in total. The smallest absolute Gasteiger partial charge is 0.151 e. The van der Waals surface area contributed by atoms with Crippen LogP contribution in [0.4, 0.5) is 5.82 Å². The van der Waals surface area contributed by atoms with Crippen LogP contribution in [0, 0.1) is 5.41 Å². The molecule has 0 unspecified atom stereocenters. The number of nitrogens with zero attached hydrogens (tertiary/aromatic N) is 2. The summed E-state index contributed by atoms with van der Waals surface area (Å²) in [5.74, 6) is 0.985. The summed E-state index contributed by atoms with van der Waals surface area (Å²) in [4.78, 5) is 17.2. The number of piperidine rings is 1. The number of aromatic nitrogens is 1. The van der Waals surface area contributed by atoms with E-state index in [9.17, 15) is 4.79 Å². The van der Waals surface area contributed by atoms with Crippen LogP contribution in [0.15, 0.2) is 18.3 Å². The van der Waals surface area contributed by atoms with Crippen LogP contribution in [0.5, 0.6) is 0 Å². The largest absolute Gasteiger partial charge is 0.356 e. The van der Waals surface area contributed by atoms with Crippen molar-refractivity contribution in [2.24, 2.45) is 5.41 Å². The molecule has 0 amide bonds. The molecular weight excluding hydrogens is 200 g/mol.